The molecule has 1 aliphatic carbocycles. The van der Waals surface area contributed by atoms with Crippen LogP contribution in [0.2, 0.25) is 0 Å². The Hall–Kier alpha value is -1.30. The zero-order valence-electron chi connectivity index (χ0n) is 8.53. The second-order valence-electron chi connectivity index (χ2n) is 4.31. The average molecular weight is 193 g/mol. The molecule has 0 aromatic carbocycles. The quantitative estimate of drug-likeness (QED) is 0.684. The Labute approximate surface area is 84.0 Å². The van der Waals surface area contributed by atoms with E-state index in [1.54, 1.807) is 13.8 Å². The third-order valence-corrected chi connectivity index (χ3v) is 2.86. The summed E-state index contributed by atoms with van der Waals surface area (Å²) in [6.45, 7) is 3.59. The molecule has 3 nitrogen and oxygen atoms in total. The average Bonchev–Trinajstić information content (AvgIpc) is 2.18. The van der Waals surface area contributed by atoms with Gasteiger partial charge in [-0.2, -0.15) is 5.26 Å². The molecule has 0 saturated carbocycles. The van der Waals surface area contributed by atoms with Gasteiger partial charge in [0.2, 0.25) is 0 Å². The number of nitrogens with zero attached hydrogens (tertiary/aromatic N) is 1. The van der Waals surface area contributed by atoms with Gasteiger partial charge in [-0.1, -0.05) is 12.2 Å². The molecule has 76 valence electrons. The normalized spacial score (nSPS) is 26.9. The van der Waals surface area contributed by atoms with E-state index in [9.17, 15) is 4.79 Å². The van der Waals surface area contributed by atoms with Gasteiger partial charge in [-0.3, -0.25) is 4.79 Å². The Morgan fingerprint density at radius 3 is 2.79 bits per heavy atom. The van der Waals surface area contributed by atoms with E-state index in [1.807, 2.05) is 12.2 Å². The van der Waals surface area contributed by atoms with Crippen molar-refractivity contribution in [2.24, 2.45) is 17.3 Å². The fourth-order valence-corrected chi connectivity index (χ4v) is 1.93. The molecular formula is C11H15NO2. The van der Waals surface area contributed by atoms with Crippen LogP contribution in [0.4, 0.5) is 0 Å². The van der Waals surface area contributed by atoms with Gasteiger partial charge < -0.3 is 5.11 Å². The molecule has 1 aliphatic rings. The van der Waals surface area contributed by atoms with E-state index < -0.39 is 17.3 Å². The van der Waals surface area contributed by atoms with Crippen molar-refractivity contribution >= 4 is 5.97 Å². The Morgan fingerprint density at radius 2 is 2.29 bits per heavy atom. The minimum absolute atomic E-state index is 0.168. The molecule has 0 heterocycles. The summed E-state index contributed by atoms with van der Waals surface area (Å²) in [5.74, 6) is -1.36. The number of aliphatic carboxylic acids is 1. The van der Waals surface area contributed by atoms with E-state index in [2.05, 4.69) is 6.07 Å². The molecule has 3 heteroatoms. The summed E-state index contributed by atoms with van der Waals surface area (Å²) in [5.41, 5.74) is -0.597. The highest BCUT2D eigenvalue weighted by molar-refractivity contribution is 5.71. The summed E-state index contributed by atoms with van der Waals surface area (Å²) < 4.78 is 0. The molecule has 1 N–H and O–H groups in total. The lowest BCUT2D eigenvalue weighted by Gasteiger charge is -2.32. The monoisotopic (exact) mass is 193 g/mol. The maximum Gasteiger partial charge on any atom is 0.307 e. The van der Waals surface area contributed by atoms with E-state index in [0.29, 0.717) is 6.42 Å². The van der Waals surface area contributed by atoms with Gasteiger partial charge in [0, 0.05) is 5.92 Å². The highest BCUT2D eigenvalue weighted by atomic mass is 16.4. The van der Waals surface area contributed by atoms with Gasteiger partial charge in [0.1, 0.15) is 0 Å². The fourth-order valence-electron chi connectivity index (χ4n) is 1.93. The van der Waals surface area contributed by atoms with E-state index in [-0.39, 0.29) is 5.92 Å². The maximum atomic E-state index is 11.0. The zero-order valence-corrected chi connectivity index (χ0v) is 8.53. The number of carboxylic acids is 1. The van der Waals surface area contributed by atoms with Crippen LogP contribution in [0.5, 0.6) is 0 Å². The molecule has 0 unspecified atom stereocenters. The summed E-state index contributed by atoms with van der Waals surface area (Å²) in [6.07, 6.45) is 5.30. The van der Waals surface area contributed by atoms with Crippen LogP contribution in [-0.2, 0) is 4.79 Å². The molecular weight excluding hydrogens is 178 g/mol. The number of carbonyl (C=O) groups is 1. The largest absolute Gasteiger partial charge is 0.481 e. The van der Waals surface area contributed by atoms with Gasteiger partial charge in [-0.15, -0.1) is 0 Å². The lowest BCUT2D eigenvalue weighted by Crippen LogP contribution is -2.34. The molecule has 0 bridgehead atoms. The minimum Gasteiger partial charge on any atom is -0.481 e. The second kappa shape index (κ2) is 3.83. The SMILES string of the molecule is CC(C)(C#N)[C@H]1C=CCC[C@@H]1C(=O)O. The zero-order chi connectivity index (χ0) is 10.8. The van der Waals surface area contributed by atoms with Crippen LogP contribution >= 0.6 is 0 Å². The molecule has 1 rings (SSSR count). The number of allylic oxidation sites excluding steroid dienone is 2. The fraction of sp³-hybridized carbons (Fsp3) is 0.636. The van der Waals surface area contributed by atoms with Crippen molar-refractivity contribution in [2.45, 2.75) is 26.7 Å². The molecule has 0 amide bonds. The van der Waals surface area contributed by atoms with Gasteiger partial charge in [0.15, 0.2) is 0 Å². The van der Waals surface area contributed by atoms with Crippen LogP contribution in [0, 0.1) is 28.6 Å². The van der Waals surface area contributed by atoms with Crippen LogP contribution < -0.4 is 0 Å². The van der Waals surface area contributed by atoms with E-state index in [4.69, 9.17) is 10.4 Å². The number of hydrogen-bond donors (Lipinski definition) is 1. The first-order valence-electron chi connectivity index (χ1n) is 4.80. The molecule has 0 aromatic rings. The summed E-state index contributed by atoms with van der Waals surface area (Å²) in [7, 11) is 0. The lowest BCUT2D eigenvalue weighted by atomic mass is 9.69. The molecule has 0 saturated heterocycles. The molecule has 0 fully saturated rings. The van der Waals surface area contributed by atoms with Gasteiger partial charge >= 0.3 is 5.97 Å². The number of rotatable bonds is 2. The predicted octanol–water partition coefficient (Wildman–Crippen LogP) is 2.20. The molecule has 0 aliphatic heterocycles. The van der Waals surface area contributed by atoms with E-state index in [0.717, 1.165) is 6.42 Å². The van der Waals surface area contributed by atoms with Crippen LogP contribution in [-0.4, -0.2) is 11.1 Å². The van der Waals surface area contributed by atoms with E-state index in [1.165, 1.54) is 0 Å². The smallest absolute Gasteiger partial charge is 0.307 e. The lowest BCUT2D eigenvalue weighted by molar-refractivity contribution is -0.144. The first-order chi connectivity index (χ1) is 6.49. The number of hydrogen-bond acceptors (Lipinski definition) is 2. The molecule has 0 radical (unpaired) electrons. The summed E-state index contributed by atoms with van der Waals surface area (Å²) >= 11 is 0. The van der Waals surface area contributed by atoms with Gasteiger partial charge in [-0.05, 0) is 26.7 Å². The number of carboxylic acid groups (broad SMARTS) is 1. The molecule has 0 aromatic heterocycles. The first-order valence-corrected chi connectivity index (χ1v) is 4.80. The van der Waals surface area contributed by atoms with Crippen molar-refractivity contribution in [2.75, 3.05) is 0 Å². The number of nitriles is 1. The molecule has 2 atom stereocenters. The Kier molecular flexibility index (Phi) is 2.95. The van der Waals surface area contributed by atoms with Crippen LogP contribution in [0.15, 0.2) is 12.2 Å². The van der Waals surface area contributed by atoms with Crippen LogP contribution in [0.25, 0.3) is 0 Å². The Bertz CT molecular complexity index is 299. The Balaban J connectivity index is 2.94. The van der Waals surface area contributed by atoms with Gasteiger partial charge in [0.25, 0.3) is 0 Å². The predicted molar refractivity (Wildman–Crippen MR) is 52.4 cm³/mol. The second-order valence-corrected chi connectivity index (χ2v) is 4.31. The third kappa shape index (κ3) is 1.95. The van der Waals surface area contributed by atoms with Gasteiger partial charge in [0.05, 0.1) is 17.4 Å². The van der Waals surface area contributed by atoms with Crippen LogP contribution in [0.1, 0.15) is 26.7 Å². The van der Waals surface area contributed by atoms with Crippen molar-refractivity contribution in [3.63, 3.8) is 0 Å². The topological polar surface area (TPSA) is 61.1 Å². The first kappa shape index (κ1) is 10.8. The van der Waals surface area contributed by atoms with Crippen molar-refractivity contribution in [3.05, 3.63) is 12.2 Å². The summed E-state index contributed by atoms with van der Waals surface area (Å²) in [5, 5.41) is 18.0. The van der Waals surface area contributed by atoms with Crippen molar-refractivity contribution < 1.29 is 9.90 Å². The van der Waals surface area contributed by atoms with Crippen molar-refractivity contribution in [1.29, 1.82) is 5.26 Å². The maximum absolute atomic E-state index is 11.0. The minimum atomic E-state index is -0.789. The Morgan fingerprint density at radius 1 is 1.64 bits per heavy atom. The van der Waals surface area contributed by atoms with Gasteiger partial charge in [-0.25, -0.2) is 0 Å². The highest BCUT2D eigenvalue weighted by Crippen LogP contribution is 2.38. The third-order valence-electron chi connectivity index (χ3n) is 2.86. The summed E-state index contributed by atoms with van der Waals surface area (Å²) in [6, 6.07) is 2.18. The van der Waals surface area contributed by atoms with E-state index >= 15 is 0 Å². The van der Waals surface area contributed by atoms with Crippen molar-refractivity contribution in [1.82, 2.24) is 0 Å². The standard InChI is InChI=1S/C11H15NO2/c1-11(2,7-12)9-6-4-3-5-8(9)10(13)14/h4,6,8-9H,3,5H2,1-2H3,(H,13,14)/t8-,9-/m0/s1. The molecule has 0 spiro atoms. The highest BCUT2D eigenvalue weighted by Gasteiger charge is 2.38. The van der Waals surface area contributed by atoms with Crippen LogP contribution in [0.3, 0.4) is 0 Å². The summed E-state index contributed by atoms with van der Waals surface area (Å²) in [4.78, 5) is 11.0. The van der Waals surface area contributed by atoms with Crippen molar-refractivity contribution in [3.8, 4) is 6.07 Å². The molecule has 14 heavy (non-hydrogen) atoms.